The summed E-state index contributed by atoms with van der Waals surface area (Å²) in [5.74, 6) is 0.727. The molecule has 7 heteroatoms. The maximum absolute atomic E-state index is 10.2. The molecule has 60 valence electrons. The van der Waals surface area contributed by atoms with Gasteiger partial charge in [-0.25, -0.2) is 0 Å². The van der Waals surface area contributed by atoms with E-state index < -0.39 is 10.3 Å². The molecular formula is C3H7NO3S3. The molecule has 1 saturated heterocycles. The molecule has 1 fully saturated rings. The minimum Gasteiger partial charge on any atom is -0.273 e. The van der Waals surface area contributed by atoms with Gasteiger partial charge in [0.25, 0.3) is 0 Å². The van der Waals surface area contributed by atoms with E-state index in [2.05, 4.69) is 4.72 Å². The smallest absolute Gasteiger partial charge is 0.273 e. The zero-order valence-corrected chi connectivity index (χ0v) is 7.43. The quantitative estimate of drug-likeness (QED) is 0.622. The lowest BCUT2D eigenvalue weighted by Crippen LogP contribution is -2.31. The number of rotatable bonds is 2. The van der Waals surface area contributed by atoms with Crippen LogP contribution >= 0.6 is 23.5 Å². The first-order chi connectivity index (χ1) is 4.58. The van der Waals surface area contributed by atoms with Crippen LogP contribution in [0.1, 0.15) is 0 Å². The lowest BCUT2D eigenvalue weighted by molar-refractivity contribution is 0.468. The van der Waals surface area contributed by atoms with Crippen molar-refractivity contribution in [2.24, 2.45) is 0 Å². The van der Waals surface area contributed by atoms with Crippen LogP contribution in [-0.2, 0) is 10.3 Å². The van der Waals surface area contributed by atoms with E-state index in [0.717, 1.165) is 10.8 Å². The summed E-state index contributed by atoms with van der Waals surface area (Å²) in [4.78, 5) is 0. The fourth-order valence-corrected chi connectivity index (χ4v) is 4.12. The predicted molar refractivity (Wildman–Crippen MR) is 43.4 cm³/mol. The third-order valence-electron chi connectivity index (χ3n) is 0.902. The average Bonchev–Trinajstić information content (AvgIpc) is 2.12. The summed E-state index contributed by atoms with van der Waals surface area (Å²) in [7, 11) is -3.99. The van der Waals surface area contributed by atoms with E-state index in [0.29, 0.717) is 0 Å². The van der Waals surface area contributed by atoms with Crippen LogP contribution in [0.5, 0.6) is 0 Å². The van der Waals surface area contributed by atoms with Gasteiger partial charge < -0.3 is 0 Å². The molecule has 1 atom stereocenters. The van der Waals surface area contributed by atoms with E-state index in [1.165, 1.54) is 11.8 Å². The molecule has 2 N–H and O–H groups in total. The van der Waals surface area contributed by atoms with E-state index >= 15 is 0 Å². The normalized spacial score (nSPS) is 27.1. The summed E-state index contributed by atoms with van der Waals surface area (Å²) < 4.78 is 30.8. The highest BCUT2D eigenvalue weighted by Crippen LogP contribution is 2.27. The van der Waals surface area contributed by atoms with E-state index in [1.54, 1.807) is 11.8 Å². The largest absolute Gasteiger partial charge is 0.334 e. The second-order valence-electron chi connectivity index (χ2n) is 1.74. The van der Waals surface area contributed by atoms with Gasteiger partial charge in [-0.05, 0) is 0 Å². The average molecular weight is 201 g/mol. The molecule has 10 heavy (non-hydrogen) atoms. The summed E-state index contributed by atoms with van der Waals surface area (Å²) in [6, 6.07) is 0. The second-order valence-corrected chi connectivity index (χ2v) is 5.51. The zero-order valence-electron chi connectivity index (χ0n) is 4.98. The van der Waals surface area contributed by atoms with E-state index in [9.17, 15) is 8.42 Å². The van der Waals surface area contributed by atoms with Crippen molar-refractivity contribution in [3.05, 3.63) is 0 Å². The Morgan fingerprint density at radius 1 is 1.60 bits per heavy atom. The molecule has 0 aromatic rings. The lowest BCUT2D eigenvalue weighted by Gasteiger charge is -2.05. The van der Waals surface area contributed by atoms with Crippen molar-refractivity contribution in [1.82, 2.24) is 4.72 Å². The van der Waals surface area contributed by atoms with Gasteiger partial charge in [0.2, 0.25) is 0 Å². The fraction of sp³-hybridized carbons (Fsp3) is 1.00. The summed E-state index contributed by atoms with van der Waals surface area (Å²) in [5.41, 5.74) is 0. The molecule has 0 radical (unpaired) electrons. The molecule has 1 aliphatic heterocycles. The number of hydrogen-bond donors (Lipinski definition) is 2. The van der Waals surface area contributed by atoms with Gasteiger partial charge in [-0.15, -0.1) is 23.5 Å². The maximum atomic E-state index is 10.2. The molecular weight excluding hydrogens is 194 g/mol. The summed E-state index contributed by atoms with van der Waals surface area (Å²) >= 11 is 3.13. The molecule has 0 spiro atoms. The molecule has 0 bridgehead atoms. The molecule has 0 amide bonds. The highest BCUT2D eigenvalue weighted by Gasteiger charge is 2.19. The minimum atomic E-state index is -3.99. The Bertz CT molecular complexity index is 195. The third kappa shape index (κ3) is 3.11. The van der Waals surface area contributed by atoms with Crippen molar-refractivity contribution >= 4 is 33.8 Å². The Labute approximate surface area is 68.0 Å². The second kappa shape index (κ2) is 3.31. The summed E-state index contributed by atoms with van der Waals surface area (Å²) in [6.45, 7) is 0. The van der Waals surface area contributed by atoms with Crippen molar-refractivity contribution in [3.8, 4) is 0 Å². The van der Waals surface area contributed by atoms with E-state index in [1.807, 2.05) is 0 Å². The van der Waals surface area contributed by atoms with Crippen LogP contribution in [0.15, 0.2) is 0 Å². The topological polar surface area (TPSA) is 66.4 Å². The Balaban J connectivity index is 2.38. The molecule has 1 aliphatic rings. The predicted octanol–water partition coefficient (Wildman–Crippen LogP) is 0.142. The van der Waals surface area contributed by atoms with Gasteiger partial charge in [0.05, 0.1) is 5.37 Å². The van der Waals surface area contributed by atoms with Crippen LogP contribution in [0, 0.1) is 0 Å². The van der Waals surface area contributed by atoms with Crippen LogP contribution < -0.4 is 4.72 Å². The molecule has 1 rings (SSSR count). The Hall–Kier alpha value is 0.570. The van der Waals surface area contributed by atoms with Gasteiger partial charge in [0.1, 0.15) is 0 Å². The Kier molecular flexibility index (Phi) is 2.87. The standard InChI is InChI=1S/C3H7NO3S3/c5-10(6,7)4-3-1-8-2-9-3/h3-4H,1-2H2,(H,5,6,7). The van der Waals surface area contributed by atoms with E-state index in [4.69, 9.17) is 4.55 Å². The van der Waals surface area contributed by atoms with Crippen LogP contribution in [-0.4, -0.2) is 29.2 Å². The zero-order chi connectivity index (χ0) is 7.61. The van der Waals surface area contributed by atoms with Crippen LogP contribution in [0.3, 0.4) is 0 Å². The number of nitrogens with one attached hydrogen (secondary N) is 1. The van der Waals surface area contributed by atoms with Crippen LogP contribution in [0.4, 0.5) is 0 Å². The molecule has 0 aliphatic carbocycles. The van der Waals surface area contributed by atoms with Crippen molar-refractivity contribution in [2.75, 3.05) is 10.8 Å². The van der Waals surface area contributed by atoms with Crippen molar-refractivity contribution in [3.63, 3.8) is 0 Å². The fourth-order valence-electron chi connectivity index (χ4n) is 0.568. The van der Waals surface area contributed by atoms with Crippen LogP contribution in [0.2, 0.25) is 0 Å². The lowest BCUT2D eigenvalue weighted by atomic mass is 10.8. The Morgan fingerprint density at radius 2 is 2.30 bits per heavy atom. The monoisotopic (exact) mass is 201 g/mol. The molecule has 1 unspecified atom stereocenters. The van der Waals surface area contributed by atoms with Gasteiger partial charge in [0.15, 0.2) is 0 Å². The highest BCUT2D eigenvalue weighted by molar-refractivity contribution is 8.19. The van der Waals surface area contributed by atoms with Crippen molar-refractivity contribution < 1.29 is 13.0 Å². The summed E-state index contributed by atoms with van der Waals surface area (Å²) in [5, 5.41) is 0.729. The summed E-state index contributed by atoms with van der Waals surface area (Å²) in [6.07, 6.45) is 0. The van der Waals surface area contributed by atoms with E-state index in [-0.39, 0.29) is 5.37 Å². The highest BCUT2D eigenvalue weighted by atomic mass is 32.2. The third-order valence-corrected chi connectivity index (χ3v) is 4.31. The van der Waals surface area contributed by atoms with Gasteiger partial charge >= 0.3 is 10.3 Å². The first-order valence-electron chi connectivity index (χ1n) is 2.52. The number of hydrogen-bond acceptors (Lipinski definition) is 4. The SMILES string of the molecule is O=S(=O)(O)NC1CSCS1. The molecule has 1 heterocycles. The van der Waals surface area contributed by atoms with Gasteiger partial charge in [0, 0.05) is 10.8 Å². The van der Waals surface area contributed by atoms with Gasteiger partial charge in [-0.1, -0.05) is 0 Å². The maximum Gasteiger partial charge on any atom is 0.334 e. The molecule has 0 saturated carbocycles. The number of thioether (sulfide) groups is 2. The molecule has 0 aromatic carbocycles. The Morgan fingerprint density at radius 3 is 2.70 bits per heavy atom. The van der Waals surface area contributed by atoms with Crippen LogP contribution in [0.25, 0.3) is 0 Å². The molecule has 4 nitrogen and oxygen atoms in total. The van der Waals surface area contributed by atoms with Gasteiger partial charge in [-0.2, -0.15) is 13.1 Å². The first-order valence-corrected chi connectivity index (χ1v) is 6.16. The van der Waals surface area contributed by atoms with Crippen molar-refractivity contribution in [2.45, 2.75) is 5.37 Å². The first kappa shape index (κ1) is 8.66. The minimum absolute atomic E-state index is 0.153. The van der Waals surface area contributed by atoms with Crippen molar-refractivity contribution in [1.29, 1.82) is 0 Å². The van der Waals surface area contributed by atoms with Gasteiger partial charge in [-0.3, -0.25) is 4.55 Å². The molecule has 0 aromatic heterocycles.